The fourth-order valence-electron chi connectivity index (χ4n) is 5.39. The molecule has 0 radical (unpaired) electrons. The Kier molecular flexibility index (Phi) is 7.51. The number of para-hydroxylation sites is 1. The van der Waals surface area contributed by atoms with E-state index in [4.69, 9.17) is 0 Å². The lowest BCUT2D eigenvalue weighted by atomic mass is 9.95. The maximum Gasteiger partial charge on any atom is 0.259 e. The van der Waals surface area contributed by atoms with Crippen molar-refractivity contribution in [3.05, 3.63) is 29.8 Å². The van der Waals surface area contributed by atoms with Crippen LogP contribution in [0, 0.1) is 0 Å². The van der Waals surface area contributed by atoms with Crippen molar-refractivity contribution in [3.8, 4) is 0 Å². The predicted octanol–water partition coefficient (Wildman–Crippen LogP) is 3.67. The van der Waals surface area contributed by atoms with Crippen molar-refractivity contribution < 1.29 is 14.4 Å². The van der Waals surface area contributed by atoms with Crippen molar-refractivity contribution in [1.82, 2.24) is 15.5 Å². The van der Waals surface area contributed by atoms with Gasteiger partial charge in [-0.15, -0.1) is 0 Å². The van der Waals surface area contributed by atoms with Crippen LogP contribution in [0.1, 0.15) is 76.2 Å². The molecule has 0 saturated heterocycles. The number of amidine groups is 2. The van der Waals surface area contributed by atoms with Gasteiger partial charge in [0.2, 0.25) is 11.8 Å². The zero-order chi connectivity index (χ0) is 24.2. The summed E-state index contributed by atoms with van der Waals surface area (Å²) in [5.74, 6) is 0.266. The molecule has 2 N–H and O–H groups in total. The Morgan fingerprint density at radius 1 is 0.914 bits per heavy atom. The van der Waals surface area contributed by atoms with Crippen molar-refractivity contribution in [2.45, 2.75) is 88.8 Å². The molecule has 2 aliphatic heterocycles. The van der Waals surface area contributed by atoms with E-state index in [9.17, 15) is 14.4 Å². The highest BCUT2D eigenvalue weighted by Gasteiger charge is 2.42. The first-order chi connectivity index (χ1) is 17.1. The van der Waals surface area contributed by atoms with Gasteiger partial charge in [-0.05, 0) is 37.8 Å². The zero-order valence-corrected chi connectivity index (χ0v) is 20.8. The Bertz CT molecular complexity index is 1040. The van der Waals surface area contributed by atoms with Gasteiger partial charge in [0, 0.05) is 17.6 Å². The van der Waals surface area contributed by atoms with Crippen LogP contribution in [0.3, 0.4) is 0 Å². The molecule has 1 aromatic rings. The summed E-state index contributed by atoms with van der Waals surface area (Å²) in [5, 5.41) is 6.66. The number of thioether (sulfide) groups is 1. The molecule has 2 heterocycles. The summed E-state index contributed by atoms with van der Waals surface area (Å²) in [6.07, 6.45) is 11.1. The Labute approximate surface area is 210 Å². The molecule has 5 rings (SSSR count). The van der Waals surface area contributed by atoms with Gasteiger partial charge in [0.25, 0.3) is 5.91 Å². The number of carbonyl (C=O) groups excluding carboxylic acids is 3. The molecule has 1 aromatic carbocycles. The van der Waals surface area contributed by atoms with Crippen molar-refractivity contribution >= 4 is 46.2 Å². The predicted molar refractivity (Wildman–Crippen MR) is 138 cm³/mol. The molecule has 9 heteroatoms. The summed E-state index contributed by atoms with van der Waals surface area (Å²) in [4.78, 5) is 49.6. The van der Waals surface area contributed by atoms with Crippen molar-refractivity contribution in [1.29, 1.82) is 0 Å². The second-order valence-electron chi connectivity index (χ2n) is 9.85. The van der Waals surface area contributed by atoms with Gasteiger partial charge in [-0.3, -0.25) is 19.4 Å². The van der Waals surface area contributed by atoms with Crippen LogP contribution >= 0.6 is 11.8 Å². The van der Waals surface area contributed by atoms with E-state index < -0.39 is 6.04 Å². The topological polar surface area (TPSA) is 103 Å². The third kappa shape index (κ3) is 5.60. The molecule has 186 valence electrons. The van der Waals surface area contributed by atoms with Crippen LogP contribution in [0.5, 0.6) is 0 Å². The van der Waals surface area contributed by atoms with E-state index in [0.29, 0.717) is 11.0 Å². The lowest BCUT2D eigenvalue weighted by Crippen LogP contribution is -2.43. The van der Waals surface area contributed by atoms with Crippen LogP contribution < -0.4 is 10.6 Å². The van der Waals surface area contributed by atoms with Gasteiger partial charge in [0.1, 0.15) is 11.9 Å². The van der Waals surface area contributed by atoms with Crippen molar-refractivity contribution in [3.63, 3.8) is 0 Å². The van der Waals surface area contributed by atoms with Gasteiger partial charge in [0.15, 0.2) is 5.17 Å². The van der Waals surface area contributed by atoms with Crippen molar-refractivity contribution in [2.75, 3.05) is 5.75 Å². The molecular formula is C26H33N5O3S. The normalized spacial score (nSPS) is 22.7. The molecule has 1 unspecified atom stereocenters. The Balaban J connectivity index is 1.27. The minimum atomic E-state index is -0.776. The van der Waals surface area contributed by atoms with Crippen molar-refractivity contribution in [2.24, 2.45) is 9.98 Å². The number of nitrogens with one attached hydrogen (secondary N) is 2. The lowest BCUT2D eigenvalue weighted by Gasteiger charge is -2.26. The Morgan fingerprint density at radius 3 is 2.23 bits per heavy atom. The summed E-state index contributed by atoms with van der Waals surface area (Å²) in [5.41, 5.74) is 1.49. The number of aliphatic imine (C=N–C) groups is 2. The summed E-state index contributed by atoms with van der Waals surface area (Å²) in [6, 6.07) is 7.20. The minimum Gasteiger partial charge on any atom is -0.353 e. The maximum atomic E-state index is 13.4. The molecule has 2 fully saturated rings. The summed E-state index contributed by atoms with van der Waals surface area (Å²) in [6.45, 7) is 0. The zero-order valence-electron chi connectivity index (χ0n) is 20.0. The second kappa shape index (κ2) is 10.9. The number of fused-ring (bicyclic) bond motifs is 3. The number of hydrogen-bond acceptors (Lipinski definition) is 6. The first kappa shape index (κ1) is 24.0. The molecule has 8 nitrogen and oxygen atoms in total. The molecule has 0 spiro atoms. The third-order valence-electron chi connectivity index (χ3n) is 7.20. The van der Waals surface area contributed by atoms with Crippen LogP contribution in [0.25, 0.3) is 0 Å². The summed E-state index contributed by atoms with van der Waals surface area (Å²) < 4.78 is 0. The molecular weight excluding hydrogens is 462 g/mol. The highest BCUT2D eigenvalue weighted by Crippen LogP contribution is 2.34. The number of carbonyl (C=O) groups is 3. The first-order valence-corrected chi connectivity index (χ1v) is 13.9. The second-order valence-corrected chi connectivity index (χ2v) is 10.8. The molecule has 0 bridgehead atoms. The number of hydrogen-bond donors (Lipinski definition) is 2. The Morgan fingerprint density at radius 2 is 1.54 bits per heavy atom. The van der Waals surface area contributed by atoms with Crippen LogP contribution in [-0.4, -0.2) is 57.5 Å². The molecule has 4 aliphatic rings. The van der Waals surface area contributed by atoms with E-state index in [1.807, 2.05) is 24.3 Å². The smallest absolute Gasteiger partial charge is 0.259 e. The van der Waals surface area contributed by atoms with Gasteiger partial charge in [-0.1, -0.05) is 62.4 Å². The molecule has 3 amide bonds. The average molecular weight is 496 g/mol. The molecule has 2 saturated carbocycles. The van der Waals surface area contributed by atoms with Gasteiger partial charge in [-0.2, -0.15) is 0 Å². The lowest BCUT2D eigenvalue weighted by molar-refractivity contribution is -0.129. The van der Waals surface area contributed by atoms with Gasteiger partial charge in [-0.25, -0.2) is 9.89 Å². The third-order valence-corrected chi connectivity index (χ3v) is 8.14. The standard InChI is InChI=1S/C26H33N5O3S/c32-22(27-17-9-3-1-4-10-17)15-21-25(34)31-24(29-21)19-13-7-8-14-20(19)30-26(31)35-16-23(33)28-18-11-5-2-6-12-18/h7-8,13-14,17-18,21H,1-6,9-12,15-16H2,(H,27,32)(H,28,33). The van der Waals surface area contributed by atoms with E-state index in [1.54, 1.807) is 0 Å². The SMILES string of the molecule is O=C(CSC1=Nc2ccccc2C2=NC(CC(=O)NC3CCCCC3)C(=O)N12)NC1CCCCC1. The quantitative estimate of drug-likeness (QED) is 0.628. The van der Waals surface area contributed by atoms with Crippen LogP contribution in [0.2, 0.25) is 0 Å². The minimum absolute atomic E-state index is 0.0254. The van der Waals surface area contributed by atoms with E-state index in [0.717, 1.165) is 62.6 Å². The van der Waals surface area contributed by atoms with Crippen LogP contribution in [-0.2, 0) is 14.4 Å². The van der Waals surface area contributed by atoms with Gasteiger partial charge in [0.05, 0.1) is 17.9 Å². The first-order valence-electron chi connectivity index (χ1n) is 12.9. The number of rotatable bonds is 6. The molecule has 2 aliphatic carbocycles. The largest absolute Gasteiger partial charge is 0.353 e. The number of nitrogens with zero attached hydrogens (tertiary/aromatic N) is 3. The Hall–Kier alpha value is -2.68. The monoisotopic (exact) mass is 495 g/mol. The summed E-state index contributed by atoms with van der Waals surface area (Å²) in [7, 11) is 0. The number of amides is 3. The summed E-state index contributed by atoms with van der Waals surface area (Å²) >= 11 is 1.25. The van der Waals surface area contributed by atoms with E-state index in [2.05, 4.69) is 20.6 Å². The fourth-order valence-corrected chi connectivity index (χ4v) is 6.20. The fraction of sp³-hybridized carbons (Fsp3) is 0.577. The van der Waals surface area contributed by atoms with Crippen LogP contribution in [0.15, 0.2) is 34.3 Å². The highest BCUT2D eigenvalue weighted by molar-refractivity contribution is 8.14. The van der Waals surface area contributed by atoms with Gasteiger partial charge >= 0.3 is 0 Å². The highest BCUT2D eigenvalue weighted by atomic mass is 32.2. The van der Waals surface area contributed by atoms with Gasteiger partial charge < -0.3 is 10.6 Å². The number of benzene rings is 1. The average Bonchev–Trinajstić information content (AvgIpc) is 3.20. The van der Waals surface area contributed by atoms with E-state index >= 15 is 0 Å². The maximum absolute atomic E-state index is 13.4. The van der Waals surface area contributed by atoms with E-state index in [1.165, 1.54) is 29.5 Å². The van der Waals surface area contributed by atoms with E-state index in [-0.39, 0.29) is 42.0 Å². The molecule has 0 aromatic heterocycles. The molecule has 1 atom stereocenters. The molecule has 35 heavy (non-hydrogen) atoms. The van der Waals surface area contributed by atoms with Crippen LogP contribution in [0.4, 0.5) is 5.69 Å².